The minimum absolute atomic E-state index is 0.0425. The number of carbonyl (C=O) groups excluding carboxylic acids is 2. The molecule has 0 saturated heterocycles. The molecule has 0 aromatic carbocycles. The first kappa shape index (κ1) is 20.8. The Morgan fingerprint density at radius 1 is 1.23 bits per heavy atom. The van der Waals surface area contributed by atoms with Crippen molar-refractivity contribution in [2.45, 2.75) is 59.1 Å². The van der Waals surface area contributed by atoms with E-state index in [4.69, 9.17) is 0 Å². The lowest BCUT2D eigenvalue weighted by atomic mass is 9.72. The minimum atomic E-state index is -0.588. The number of Topliss-reactive ketones (excluding diaryl/α,β-unsaturated/α-hetero) is 2. The molecule has 2 atom stereocenters. The summed E-state index contributed by atoms with van der Waals surface area (Å²) < 4.78 is 0. The van der Waals surface area contributed by atoms with E-state index in [1.54, 1.807) is 0 Å². The average Bonchev–Trinajstić information content (AvgIpc) is 2.68. The third-order valence-corrected chi connectivity index (χ3v) is 6.27. The molecule has 1 saturated carbocycles. The van der Waals surface area contributed by atoms with Gasteiger partial charge in [-0.3, -0.25) is 9.59 Å². The Balaban J connectivity index is 2.22. The summed E-state index contributed by atoms with van der Waals surface area (Å²) in [6.45, 7) is 10.2. The Morgan fingerprint density at radius 2 is 1.88 bits per heavy atom. The second-order valence-electron chi connectivity index (χ2n) is 7.37. The van der Waals surface area contributed by atoms with E-state index in [0.29, 0.717) is 18.1 Å². The first-order valence-electron chi connectivity index (χ1n) is 9.54. The topological polar surface area (TPSA) is 34.1 Å². The molecule has 1 fully saturated rings. The van der Waals surface area contributed by atoms with Crippen LogP contribution in [0.5, 0.6) is 0 Å². The van der Waals surface area contributed by atoms with Crippen LogP contribution in [0.1, 0.15) is 53.9 Å². The van der Waals surface area contributed by atoms with Crippen molar-refractivity contribution in [3.63, 3.8) is 0 Å². The average molecular weight is 371 g/mol. The van der Waals surface area contributed by atoms with Crippen LogP contribution in [-0.4, -0.2) is 22.6 Å². The Bertz CT molecular complexity index is 696. The molecule has 2 aliphatic carbocycles. The Labute approximate surface area is 162 Å². The van der Waals surface area contributed by atoms with Gasteiger partial charge in [-0.1, -0.05) is 38.0 Å². The highest BCUT2D eigenvalue weighted by atomic mass is 32.2. The summed E-state index contributed by atoms with van der Waals surface area (Å²) in [7, 11) is 0. The highest BCUT2D eigenvalue weighted by Gasteiger charge is 2.39. The Kier molecular flexibility index (Phi) is 7.53. The van der Waals surface area contributed by atoms with E-state index in [0.717, 1.165) is 28.9 Å². The van der Waals surface area contributed by atoms with Gasteiger partial charge in [0, 0.05) is 18.1 Å². The number of thioether (sulfide) groups is 1. The van der Waals surface area contributed by atoms with Crippen molar-refractivity contribution < 1.29 is 9.59 Å². The number of hydrogen-bond acceptors (Lipinski definition) is 3. The van der Waals surface area contributed by atoms with Crippen LogP contribution in [0.25, 0.3) is 0 Å². The molecule has 2 rings (SSSR count). The molecule has 0 spiro atoms. The van der Waals surface area contributed by atoms with E-state index in [9.17, 15) is 9.59 Å². The fourth-order valence-corrected chi connectivity index (χ4v) is 5.12. The van der Waals surface area contributed by atoms with Crippen LogP contribution in [-0.2, 0) is 9.59 Å². The Hall–Kier alpha value is -1.53. The van der Waals surface area contributed by atoms with E-state index in [2.05, 4.69) is 31.8 Å². The van der Waals surface area contributed by atoms with E-state index in [-0.39, 0.29) is 23.4 Å². The molecule has 0 amide bonds. The summed E-state index contributed by atoms with van der Waals surface area (Å²) in [5.41, 5.74) is 2.94. The van der Waals surface area contributed by atoms with Crippen LogP contribution >= 0.6 is 11.8 Å². The third-order valence-electron chi connectivity index (χ3n) is 5.17. The van der Waals surface area contributed by atoms with Crippen LogP contribution in [0.3, 0.4) is 0 Å². The number of carbonyl (C=O) groups is 2. The van der Waals surface area contributed by atoms with Crippen LogP contribution in [0.15, 0.2) is 34.9 Å². The van der Waals surface area contributed by atoms with E-state index < -0.39 is 5.92 Å². The first-order valence-corrected chi connectivity index (χ1v) is 10.6. The van der Waals surface area contributed by atoms with Crippen LogP contribution in [0.4, 0.5) is 0 Å². The van der Waals surface area contributed by atoms with Gasteiger partial charge in [0.25, 0.3) is 0 Å². The van der Waals surface area contributed by atoms with Crippen molar-refractivity contribution in [1.82, 2.24) is 0 Å². The van der Waals surface area contributed by atoms with Crippen molar-refractivity contribution in [3.05, 3.63) is 34.9 Å². The summed E-state index contributed by atoms with van der Waals surface area (Å²) >= 11 is 1.90. The highest BCUT2D eigenvalue weighted by molar-refractivity contribution is 7.99. The second-order valence-corrected chi connectivity index (χ2v) is 9.08. The fourth-order valence-electron chi connectivity index (χ4n) is 4.14. The molecule has 140 valence electrons. The lowest BCUT2D eigenvalue weighted by Gasteiger charge is -2.30. The van der Waals surface area contributed by atoms with Crippen LogP contribution in [0.2, 0.25) is 0 Å². The van der Waals surface area contributed by atoms with Crippen molar-refractivity contribution in [3.8, 4) is 11.8 Å². The number of rotatable bonds is 5. The van der Waals surface area contributed by atoms with Gasteiger partial charge in [-0.25, -0.2) is 0 Å². The van der Waals surface area contributed by atoms with Crippen molar-refractivity contribution in [2.75, 3.05) is 5.75 Å². The van der Waals surface area contributed by atoms with Gasteiger partial charge in [-0.05, 0) is 55.6 Å². The van der Waals surface area contributed by atoms with E-state index in [1.807, 2.05) is 44.7 Å². The summed E-state index contributed by atoms with van der Waals surface area (Å²) in [6.07, 6.45) is 8.14. The van der Waals surface area contributed by atoms with E-state index >= 15 is 0 Å². The molecule has 0 radical (unpaired) electrons. The molecular weight excluding hydrogens is 340 g/mol. The smallest absolute Gasteiger partial charge is 0.148 e. The molecule has 2 aliphatic rings. The third kappa shape index (κ3) is 5.01. The number of allylic oxidation sites excluding steroid dienone is 6. The summed E-state index contributed by atoms with van der Waals surface area (Å²) in [5, 5.41) is 0.499. The molecule has 0 aromatic rings. The molecule has 0 aliphatic heterocycles. The molecular formula is C23H30O2S. The quantitative estimate of drug-likeness (QED) is 0.495. The maximum atomic E-state index is 12.9. The van der Waals surface area contributed by atoms with Gasteiger partial charge in [0.05, 0.1) is 5.92 Å². The number of hydrogen-bond donors (Lipinski definition) is 0. The summed E-state index contributed by atoms with van der Waals surface area (Å²) in [6, 6.07) is 0. The maximum Gasteiger partial charge on any atom is 0.148 e. The molecule has 0 N–H and O–H groups in total. The normalized spacial score (nSPS) is 27.6. The zero-order chi connectivity index (χ0) is 19.3. The zero-order valence-electron chi connectivity index (χ0n) is 16.6. The largest absolute Gasteiger partial charge is 0.299 e. The number of ketones is 2. The van der Waals surface area contributed by atoms with Gasteiger partial charge in [0.1, 0.15) is 17.5 Å². The van der Waals surface area contributed by atoms with Crippen LogP contribution in [0, 0.1) is 29.6 Å². The van der Waals surface area contributed by atoms with Crippen molar-refractivity contribution in [2.24, 2.45) is 17.8 Å². The molecule has 2 unspecified atom stereocenters. The van der Waals surface area contributed by atoms with Gasteiger partial charge in [0.2, 0.25) is 0 Å². The maximum absolute atomic E-state index is 12.9. The van der Waals surface area contributed by atoms with E-state index in [1.165, 1.54) is 0 Å². The fraction of sp³-hybridized carbons (Fsp3) is 0.565. The lowest BCUT2D eigenvalue weighted by Crippen LogP contribution is -2.36. The standard InChI is InChI=1S/C23H30O2S/c1-6-8-18-10-9-15(3)22(16(4)11-18)23-20(24)13-19(14-21(23)25)12-17(5)26-7-2/h9-11,17-19,23H,7,12-14H2,1-5H3. The van der Waals surface area contributed by atoms with Gasteiger partial charge in [0.15, 0.2) is 0 Å². The SMILES string of the molecule is CC#CC1C=CC(C)=C(C2C(=O)CC(CC(C)SCC)CC2=O)C(C)=C1. The Morgan fingerprint density at radius 3 is 2.46 bits per heavy atom. The monoisotopic (exact) mass is 370 g/mol. The minimum Gasteiger partial charge on any atom is -0.299 e. The zero-order valence-corrected chi connectivity index (χ0v) is 17.4. The van der Waals surface area contributed by atoms with Crippen molar-refractivity contribution >= 4 is 23.3 Å². The molecule has 26 heavy (non-hydrogen) atoms. The molecule has 0 aromatic heterocycles. The molecule has 2 nitrogen and oxygen atoms in total. The predicted octanol–water partition coefficient (Wildman–Crippen LogP) is 5.15. The lowest BCUT2D eigenvalue weighted by molar-refractivity contribution is -0.135. The second kappa shape index (κ2) is 9.42. The van der Waals surface area contributed by atoms with Gasteiger partial charge in [-0.2, -0.15) is 11.8 Å². The van der Waals surface area contributed by atoms with Gasteiger partial charge in [-0.15, -0.1) is 5.92 Å². The first-order chi connectivity index (χ1) is 12.4. The molecule has 3 heteroatoms. The van der Waals surface area contributed by atoms with Crippen LogP contribution < -0.4 is 0 Å². The van der Waals surface area contributed by atoms with Gasteiger partial charge >= 0.3 is 0 Å². The predicted molar refractivity (Wildman–Crippen MR) is 111 cm³/mol. The van der Waals surface area contributed by atoms with Gasteiger partial charge < -0.3 is 0 Å². The summed E-state index contributed by atoms with van der Waals surface area (Å²) in [5.74, 6) is 7.01. The molecule has 0 bridgehead atoms. The molecule has 0 heterocycles. The highest BCUT2D eigenvalue weighted by Crippen LogP contribution is 2.37. The summed E-state index contributed by atoms with van der Waals surface area (Å²) in [4.78, 5) is 25.8. The van der Waals surface area contributed by atoms with Crippen molar-refractivity contribution in [1.29, 1.82) is 0 Å².